The topological polar surface area (TPSA) is 64.0 Å². The molecular formula is C24H21N3O2S. The molecule has 30 heavy (non-hydrogen) atoms. The van der Waals surface area contributed by atoms with Gasteiger partial charge in [-0.25, -0.2) is 4.68 Å². The molecule has 0 aliphatic carbocycles. The summed E-state index contributed by atoms with van der Waals surface area (Å²) in [5.74, 6) is 1.25. The van der Waals surface area contributed by atoms with Gasteiger partial charge in [-0.05, 0) is 47.9 Å². The Morgan fingerprint density at radius 2 is 1.77 bits per heavy atom. The molecule has 6 heteroatoms. The quantitative estimate of drug-likeness (QED) is 0.529. The number of nitrogens with one attached hydrogen (secondary N) is 1. The minimum atomic E-state index is -0.982. The number of fused-ring (bicyclic) bond motifs is 2. The Labute approximate surface area is 177 Å². The van der Waals surface area contributed by atoms with E-state index in [2.05, 4.69) is 18.3 Å². The molecule has 1 atom stereocenters. The number of benzene rings is 3. The lowest BCUT2D eigenvalue weighted by molar-refractivity contribution is 0.102. The SMILES string of the molecule is Cc1cccc(-n2nc3c(c2NC(=O)c2cccc4ccccc24)C[S@](=O)C3)c1C. The fraction of sp³-hybridized carbons (Fsp3) is 0.167. The van der Waals surface area contributed by atoms with E-state index in [1.807, 2.05) is 61.5 Å². The lowest BCUT2D eigenvalue weighted by Gasteiger charge is -2.15. The van der Waals surface area contributed by atoms with E-state index in [1.165, 1.54) is 0 Å². The minimum absolute atomic E-state index is 0.196. The van der Waals surface area contributed by atoms with Crippen molar-refractivity contribution >= 4 is 33.3 Å². The van der Waals surface area contributed by atoms with Crippen LogP contribution in [0.4, 0.5) is 5.82 Å². The molecule has 1 amide bonds. The largest absolute Gasteiger partial charge is 0.306 e. The number of anilines is 1. The Hall–Kier alpha value is -3.25. The number of aromatic nitrogens is 2. The highest BCUT2D eigenvalue weighted by Crippen LogP contribution is 2.33. The molecule has 3 aromatic carbocycles. The molecule has 1 aliphatic rings. The molecule has 0 saturated carbocycles. The highest BCUT2D eigenvalue weighted by atomic mass is 32.2. The highest BCUT2D eigenvalue weighted by molar-refractivity contribution is 7.83. The number of aryl methyl sites for hydroxylation is 1. The van der Waals surface area contributed by atoms with Gasteiger partial charge in [0, 0.05) is 21.9 Å². The van der Waals surface area contributed by atoms with Gasteiger partial charge in [-0.1, -0.05) is 48.5 Å². The number of rotatable bonds is 3. The zero-order chi connectivity index (χ0) is 20.8. The molecule has 4 aromatic rings. The first-order valence-corrected chi connectivity index (χ1v) is 11.3. The van der Waals surface area contributed by atoms with E-state index < -0.39 is 10.8 Å². The van der Waals surface area contributed by atoms with Gasteiger partial charge in [-0.15, -0.1) is 0 Å². The summed E-state index contributed by atoms with van der Waals surface area (Å²) in [5.41, 5.74) is 5.43. The molecule has 5 rings (SSSR count). The van der Waals surface area contributed by atoms with E-state index in [4.69, 9.17) is 5.10 Å². The Bertz CT molecular complexity index is 1330. The van der Waals surface area contributed by atoms with Crippen molar-refractivity contribution in [2.24, 2.45) is 0 Å². The number of carbonyl (C=O) groups is 1. The van der Waals surface area contributed by atoms with Crippen LogP contribution in [0.5, 0.6) is 0 Å². The van der Waals surface area contributed by atoms with Crippen LogP contribution in [0.2, 0.25) is 0 Å². The van der Waals surface area contributed by atoms with E-state index in [0.717, 1.165) is 38.8 Å². The van der Waals surface area contributed by atoms with E-state index in [0.29, 0.717) is 22.9 Å². The van der Waals surface area contributed by atoms with Crippen molar-refractivity contribution in [3.05, 3.63) is 88.6 Å². The Balaban J connectivity index is 1.63. The van der Waals surface area contributed by atoms with Crippen molar-refractivity contribution in [3.8, 4) is 5.69 Å². The smallest absolute Gasteiger partial charge is 0.257 e. The predicted octanol–water partition coefficient (Wildman–Crippen LogP) is 4.66. The van der Waals surface area contributed by atoms with Gasteiger partial charge < -0.3 is 5.32 Å². The molecule has 2 heterocycles. The summed E-state index contributed by atoms with van der Waals surface area (Å²) < 4.78 is 14.0. The van der Waals surface area contributed by atoms with E-state index in [1.54, 1.807) is 4.68 Å². The third-order valence-corrected chi connectivity index (χ3v) is 6.95. The average molecular weight is 416 g/mol. The monoisotopic (exact) mass is 415 g/mol. The maximum absolute atomic E-state index is 13.3. The second-order valence-electron chi connectivity index (χ2n) is 7.61. The molecule has 150 valence electrons. The van der Waals surface area contributed by atoms with Gasteiger partial charge in [0.1, 0.15) is 5.82 Å². The molecule has 0 fully saturated rings. The zero-order valence-corrected chi connectivity index (χ0v) is 17.6. The predicted molar refractivity (Wildman–Crippen MR) is 120 cm³/mol. The molecular weight excluding hydrogens is 394 g/mol. The zero-order valence-electron chi connectivity index (χ0n) is 16.8. The van der Waals surface area contributed by atoms with E-state index >= 15 is 0 Å². The van der Waals surface area contributed by atoms with Crippen molar-refractivity contribution in [1.82, 2.24) is 9.78 Å². The molecule has 1 aromatic heterocycles. The van der Waals surface area contributed by atoms with Crippen LogP contribution >= 0.6 is 0 Å². The van der Waals surface area contributed by atoms with Crippen LogP contribution in [0.1, 0.15) is 32.7 Å². The summed E-state index contributed by atoms with van der Waals surface area (Å²) in [7, 11) is -0.982. The molecule has 1 aliphatic heterocycles. The van der Waals surface area contributed by atoms with E-state index in [-0.39, 0.29) is 5.91 Å². The van der Waals surface area contributed by atoms with Crippen LogP contribution in [0.15, 0.2) is 60.7 Å². The molecule has 0 bridgehead atoms. The molecule has 0 unspecified atom stereocenters. The highest BCUT2D eigenvalue weighted by Gasteiger charge is 2.29. The van der Waals surface area contributed by atoms with Gasteiger partial charge in [0.15, 0.2) is 0 Å². The van der Waals surface area contributed by atoms with Gasteiger partial charge in [0.05, 0.1) is 22.9 Å². The molecule has 0 radical (unpaired) electrons. The van der Waals surface area contributed by atoms with Gasteiger partial charge >= 0.3 is 0 Å². The van der Waals surface area contributed by atoms with Crippen LogP contribution in [0, 0.1) is 13.8 Å². The van der Waals surface area contributed by atoms with Crippen LogP contribution in [0.3, 0.4) is 0 Å². The number of nitrogens with zero attached hydrogens (tertiary/aromatic N) is 2. The van der Waals surface area contributed by atoms with Gasteiger partial charge in [-0.2, -0.15) is 5.10 Å². The maximum atomic E-state index is 13.3. The summed E-state index contributed by atoms with van der Waals surface area (Å²) in [4.78, 5) is 13.3. The van der Waals surface area contributed by atoms with Gasteiger partial charge in [0.2, 0.25) is 0 Å². The molecule has 5 nitrogen and oxygen atoms in total. The molecule has 1 N–H and O–H groups in total. The first-order valence-electron chi connectivity index (χ1n) is 9.84. The van der Waals surface area contributed by atoms with Crippen LogP contribution in [-0.2, 0) is 22.3 Å². The fourth-order valence-electron chi connectivity index (χ4n) is 3.99. The van der Waals surface area contributed by atoms with E-state index in [9.17, 15) is 9.00 Å². The Morgan fingerprint density at radius 1 is 1.00 bits per heavy atom. The van der Waals surface area contributed by atoms with Crippen molar-refractivity contribution < 1.29 is 9.00 Å². The second kappa shape index (κ2) is 7.22. The number of carbonyl (C=O) groups excluding carboxylic acids is 1. The van der Waals surface area contributed by atoms with Gasteiger partial charge in [-0.3, -0.25) is 9.00 Å². The normalized spacial score (nSPS) is 15.3. The van der Waals surface area contributed by atoms with Crippen LogP contribution in [-0.4, -0.2) is 19.9 Å². The van der Waals surface area contributed by atoms with Crippen molar-refractivity contribution in [2.45, 2.75) is 25.4 Å². The number of amides is 1. The van der Waals surface area contributed by atoms with Crippen molar-refractivity contribution in [3.63, 3.8) is 0 Å². The number of hydrogen-bond donors (Lipinski definition) is 1. The third kappa shape index (κ3) is 3.04. The van der Waals surface area contributed by atoms with Crippen LogP contribution < -0.4 is 5.32 Å². The lowest BCUT2D eigenvalue weighted by atomic mass is 10.0. The Morgan fingerprint density at radius 3 is 2.63 bits per heavy atom. The summed E-state index contributed by atoms with van der Waals surface area (Å²) >= 11 is 0. The summed E-state index contributed by atoms with van der Waals surface area (Å²) in [6, 6.07) is 19.6. The number of hydrogen-bond acceptors (Lipinski definition) is 3. The fourth-order valence-corrected chi connectivity index (χ4v) is 5.26. The summed E-state index contributed by atoms with van der Waals surface area (Å²) in [6.45, 7) is 4.10. The van der Waals surface area contributed by atoms with Crippen molar-refractivity contribution in [1.29, 1.82) is 0 Å². The first kappa shape index (κ1) is 18.8. The van der Waals surface area contributed by atoms with Gasteiger partial charge in [0.25, 0.3) is 5.91 Å². The maximum Gasteiger partial charge on any atom is 0.257 e. The lowest BCUT2D eigenvalue weighted by Crippen LogP contribution is -2.17. The molecule has 0 spiro atoms. The minimum Gasteiger partial charge on any atom is -0.306 e. The summed E-state index contributed by atoms with van der Waals surface area (Å²) in [5, 5.41) is 9.74. The van der Waals surface area contributed by atoms with Crippen LogP contribution in [0.25, 0.3) is 16.5 Å². The average Bonchev–Trinajstić information content (AvgIpc) is 3.26. The summed E-state index contributed by atoms with van der Waals surface area (Å²) in [6.07, 6.45) is 0. The standard InChI is InChI=1S/C24H21N3O2S/c1-15-7-5-12-22(16(15)2)27-23(20-13-30(29)14-21(20)26-27)25-24(28)19-11-6-9-17-8-3-4-10-18(17)19/h3-12H,13-14H2,1-2H3,(H,25,28)/t30-/m0/s1. The second-order valence-corrected chi connectivity index (χ2v) is 9.07. The third-order valence-electron chi connectivity index (χ3n) is 5.74. The van der Waals surface area contributed by atoms with Crippen molar-refractivity contribution in [2.75, 3.05) is 5.32 Å². The molecule has 0 saturated heterocycles. The Kier molecular flexibility index (Phi) is 4.51. The first-order chi connectivity index (χ1) is 14.5.